The van der Waals surface area contributed by atoms with E-state index in [2.05, 4.69) is 12.2 Å². The third-order valence-electron chi connectivity index (χ3n) is 2.94. The molecule has 0 bridgehead atoms. The van der Waals surface area contributed by atoms with Crippen LogP contribution < -0.4 is 5.32 Å². The van der Waals surface area contributed by atoms with Crippen LogP contribution >= 0.6 is 0 Å². The number of carboxylic acid groups (broad SMARTS) is 1. The molecule has 0 saturated heterocycles. The molecule has 0 spiro atoms. The quantitative estimate of drug-likeness (QED) is 0.430. The minimum Gasteiger partial charge on any atom is -0.480 e. The van der Waals surface area contributed by atoms with Crippen LogP contribution in [0.25, 0.3) is 0 Å². The summed E-state index contributed by atoms with van der Waals surface area (Å²) in [6, 6.07) is 0. The van der Waals surface area contributed by atoms with Crippen molar-refractivity contribution in [2.24, 2.45) is 0 Å². The first-order chi connectivity index (χ1) is 8.66. The fourth-order valence-corrected chi connectivity index (χ4v) is 1.86. The molecule has 0 fully saturated rings. The van der Waals surface area contributed by atoms with Crippen molar-refractivity contribution in [2.75, 3.05) is 6.54 Å². The summed E-state index contributed by atoms with van der Waals surface area (Å²) >= 11 is 0. The molecule has 0 rings (SSSR count). The van der Waals surface area contributed by atoms with Crippen LogP contribution in [0, 0.1) is 0 Å². The minimum atomic E-state index is -0.990. The summed E-state index contributed by atoms with van der Waals surface area (Å²) in [5, 5.41) is 10.7. The molecule has 5 heteroatoms. The van der Waals surface area contributed by atoms with Gasteiger partial charge in [-0.05, 0) is 6.42 Å². The van der Waals surface area contributed by atoms with Crippen molar-refractivity contribution >= 4 is 63.3 Å². The van der Waals surface area contributed by atoms with Gasteiger partial charge in [0.25, 0.3) is 0 Å². The predicted molar refractivity (Wildman–Crippen MR) is 78.2 cm³/mol. The molecular weight excluding hydrogens is 269 g/mol. The fourth-order valence-electron chi connectivity index (χ4n) is 1.86. The third kappa shape index (κ3) is 18.6. The molecule has 19 heavy (non-hydrogen) atoms. The summed E-state index contributed by atoms with van der Waals surface area (Å²) in [5.41, 5.74) is 0. The minimum absolute atomic E-state index is 0. The number of aliphatic carboxylic acids is 1. The molecule has 0 unspecified atom stereocenters. The van der Waals surface area contributed by atoms with Crippen LogP contribution in [0.5, 0.6) is 0 Å². The molecule has 0 aliphatic rings. The Kier molecular flexibility index (Phi) is 19.1. The van der Waals surface area contributed by atoms with Crippen LogP contribution in [0.15, 0.2) is 0 Å². The Bertz CT molecular complexity index is 235. The molecule has 0 saturated carbocycles. The Labute approximate surface area is 159 Å². The smallest absolute Gasteiger partial charge is 0.322 e. The van der Waals surface area contributed by atoms with Crippen molar-refractivity contribution in [3.05, 3.63) is 0 Å². The van der Waals surface area contributed by atoms with Gasteiger partial charge in [-0.3, -0.25) is 9.59 Å². The van der Waals surface area contributed by atoms with Gasteiger partial charge in [0.15, 0.2) is 0 Å². The molecular formula is C14H27KNO3. The Balaban J connectivity index is 0. The van der Waals surface area contributed by atoms with Gasteiger partial charge < -0.3 is 10.4 Å². The number of rotatable bonds is 12. The number of amides is 1. The summed E-state index contributed by atoms with van der Waals surface area (Å²) in [7, 11) is 0. The van der Waals surface area contributed by atoms with Gasteiger partial charge in [-0.15, -0.1) is 0 Å². The van der Waals surface area contributed by atoms with Gasteiger partial charge >= 0.3 is 5.97 Å². The number of hydrogen-bond acceptors (Lipinski definition) is 2. The van der Waals surface area contributed by atoms with Crippen LogP contribution in [-0.4, -0.2) is 74.9 Å². The Morgan fingerprint density at radius 3 is 1.84 bits per heavy atom. The number of unbranched alkanes of at least 4 members (excludes halogenated alkanes) is 8. The second-order valence-corrected chi connectivity index (χ2v) is 4.75. The second kappa shape index (κ2) is 16.6. The van der Waals surface area contributed by atoms with Crippen molar-refractivity contribution in [1.29, 1.82) is 0 Å². The maximum absolute atomic E-state index is 11.2. The summed E-state index contributed by atoms with van der Waals surface area (Å²) in [6.07, 6.45) is 11.4. The molecule has 4 nitrogen and oxygen atoms in total. The van der Waals surface area contributed by atoms with Gasteiger partial charge in [0, 0.05) is 57.8 Å². The van der Waals surface area contributed by atoms with E-state index >= 15 is 0 Å². The standard InChI is InChI=1S/C14H27NO3.K/c1-2-3-4-5-6-7-8-9-10-11-13(16)15-12-14(17)18;/h2-12H2,1H3,(H,15,16)(H,17,18);. The number of nitrogens with one attached hydrogen (secondary N) is 1. The van der Waals surface area contributed by atoms with Crippen molar-refractivity contribution in [1.82, 2.24) is 5.32 Å². The Hall–Kier alpha value is 0.576. The van der Waals surface area contributed by atoms with E-state index in [0.29, 0.717) is 6.42 Å². The zero-order valence-corrected chi connectivity index (χ0v) is 15.7. The first-order valence-corrected chi connectivity index (χ1v) is 7.15. The summed E-state index contributed by atoms with van der Waals surface area (Å²) in [6.45, 7) is 1.95. The van der Waals surface area contributed by atoms with Gasteiger partial charge in [-0.2, -0.15) is 0 Å². The number of carbonyl (C=O) groups is 2. The van der Waals surface area contributed by atoms with Crippen molar-refractivity contribution in [2.45, 2.75) is 71.1 Å². The molecule has 1 radical (unpaired) electrons. The maximum atomic E-state index is 11.2. The van der Waals surface area contributed by atoms with E-state index < -0.39 is 5.97 Å². The molecule has 0 atom stereocenters. The molecule has 0 aliphatic heterocycles. The molecule has 107 valence electrons. The van der Waals surface area contributed by atoms with Gasteiger partial charge in [0.05, 0.1) is 0 Å². The second-order valence-electron chi connectivity index (χ2n) is 4.75. The first-order valence-electron chi connectivity index (χ1n) is 7.15. The molecule has 0 aromatic heterocycles. The van der Waals surface area contributed by atoms with E-state index in [1.54, 1.807) is 0 Å². The number of hydrogen-bond donors (Lipinski definition) is 2. The Morgan fingerprint density at radius 2 is 1.37 bits per heavy atom. The van der Waals surface area contributed by atoms with E-state index in [9.17, 15) is 9.59 Å². The number of carbonyl (C=O) groups excluding carboxylic acids is 1. The summed E-state index contributed by atoms with van der Waals surface area (Å²) in [4.78, 5) is 21.4. The average Bonchev–Trinajstić information content (AvgIpc) is 2.34. The first kappa shape index (κ1) is 21.9. The van der Waals surface area contributed by atoms with Crippen molar-refractivity contribution in [3.63, 3.8) is 0 Å². The third-order valence-corrected chi connectivity index (χ3v) is 2.94. The van der Waals surface area contributed by atoms with E-state index in [1.807, 2.05) is 0 Å². The molecule has 0 aromatic carbocycles. The van der Waals surface area contributed by atoms with Gasteiger partial charge in [-0.25, -0.2) is 0 Å². The Morgan fingerprint density at radius 1 is 0.895 bits per heavy atom. The molecule has 0 aromatic rings. The average molecular weight is 296 g/mol. The SMILES string of the molecule is CCCCCCCCCCCC(=O)NCC(=O)O.[K]. The monoisotopic (exact) mass is 296 g/mol. The van der Waals surface area contributed by atoms with Crippen LogP contribution in [0.1, 0.15) is 71.1 Å². The summed E-state index contributed by atoms with van der Waals surface area (Å²) in [5.74, 6) is -1.14. The summed E-state index contributed by atoms with van der Waals surface area (Å²) < 4.78 is 0. The topological polar surface area (TPSA) is 66.4 Å². The van der Waals surface area contributed by atoms with Gasteiger partial charge in [0.2, 0.25) is 5.91 Å². The molecule has 2 N–H and O–H groups in total. The van der Waals surface area contributed by atoms with Gasteiger partial charge in [-0.1, -0.05) is 58.3 Å². The van der Waals surface area contributed by atoms with E-state index in [0.717, 1.165) is 12.8 Å². The van der Waals surface area contributed by atoms with Gasteiger partial charge in [0.1, 0.15) is 6.54 Å². The fraction of sp³-hybridized carbons (Fsp3) is 0.857. The van der Waals surface area contributed by atoms with Crippen LogP contribution in [-0.2, 0) is 9.59 Å². The largest absolute Gasteiger partial charge is 0.480 e. The normalized spacial score (nSPS) is 9.74. The maximum Gasteiger partial charge on any atom is 0.322 e. The number of carboxylic acids is 1. The van der Waals surface area contributed by atoms with E-state index in [1.165, 1.54) is 44.9 Å². The van der Waals surface area contributed by atoms with Crippen molar-refractivity contribution in [3.8, 4) is 0 Å². The molecule has 1 amide bonds. The van der Waals surface area contributed by atoms with Crippen molar-refractivity contribution < 1.29 is 14.7 Å². The van der Waals surface area contributed by atoms with Crippen LogP contribution in [0.4, 0.5) is 0 Å². The van der Waals surface area contributed by atoms with Crippen LogP contribution in [0.3, 0.4) is 0 Å². The zero-order valence-electron chi connectivity index (χ0n) is 12.5. The zero-order chi connectivity index (χ0) is 13.6. The van der Waals surface area contributed by atoms with E-state index in [-0.39, 0.29) is 63.8 Å². The van der Waals surface area contributed by atoms with Crippen LogP contribution in [0.2, 0.25) is 0 Å². The molecule has 0 heterocycles. The molecule has 0 aliphatic carbocycles. The van der Waals surface area contributed by atoms with E-state index in [4.69, 9.17) is 5.11 Å². The predicted octanol–water partition coefficient (Wildman–Crippen LogP) is 2.73.